The molecule has 6 nitrogen and oxygen atoms in total. The lowest BCUT2D eigenvalue weighted by Gasteiger charge is -2.11. The Morgan fingerprint density at radius 2 is 1.11 bits per heavy atom. The molecule has 0 aliphatic carbocycles. The maximum atomic E-state index is 11.6. The first kappa shape index (κ1) is 19.4. The van der Waals surface area contributed by atoms with Crippen LogP contribution in [0.3, 0.4) is 0 Å². The van der Waals surface area contributed by atoms with E-state index in [1.54, 1.807) is 30.3 Å². The van der Waals surface area contributed by atoms with Crippen LogP contribution in [0.25, 0.3) is 11.1 Å². The summed E-state index contributed by atoms with van der Waals surface area (Å²) in [5, 5.41) is 0. The first-order valence-electron chi connectivity index (χ1n) is 7.74. The monoisotopic (exact) mass is 364 g/mol. The van der Waals surface area contributed by atoms with Gasteiger partial charge in [-0.1, -0.05) is 37.9 Å². The van der Waals surface area contributed by atoms with Gasteiger partial charge in [0.2, 0.25) is 0 Å². The number of benzene rings is 2. The molecular weight excluding hydrogens is 348 g/mol. The van der Waals surface area contributed by atoms with E-state index in [2.05, 4.69) is 19.7 Å². The van der Waals surface area contributed by atoms with Crippen molar-refractivity contribution in [2.24, 2.45) is 0 Å². The first-order chi connectivity index (χ1) is 13.0. The Labute approximate surface area is 156 Å². The minimum absolute atomic E-state index is 0.0507. The van der Waals surface area contributed by atoms with Crippen molar-refractivity contribution in [1.29, 1.82) is 0 Å². The largest absolute Gasteiger partial charge is 0.423 e. The van der Waals surface area contributed by atoms with Crippen LogP contribution in [0.4, 0.5) is 0 Å². The molecule has 27 heavy (non-hydrogen) atoms. The maximum Gasteiger partial charge on any atom is 0.335 e. The second kappa shape index (κ2) is 8.96. The van der Waals surface area contributed by atoms with Crippen molar-refractivity contribution in [3.63, 3.8) is 0 Å². The zero-order chi connectivity index (χ0) is 19.8. The minimum atomic E-state index is -0.699. The van der Waals surface area contributed by atoms with Gasteiger partial charge in [-0.3, -0.25) is 0 Å². The van der Waals surface area contributed by atoms with Crippen molar-refractivity contribution in [2.75, 3.05) is 0 Å². The number of carbonyl (C=O) groups excluding carboxylic acids is 3. The van der Waals surface area contributed by atoms with Crippen LogP contribution in [-0.4, -0.2) is 17.9 Å². The molecule has 0 N–H and O–H groups in total. The maximum absolute atomic E-state index is 11.6. The number of esters is 3. The average Bonchev–Trinajstić information content (AvgIpc) is 2.69. The summed E-state index contributed by atoms with van der Waals surface area (Å²) in [6, 6.07) is 11.4. The Bertz CT molecular complexity index is 909. The van der Waals surface area contributed by atoms with Gasteiger partial charge >= 0.3 is 17.9 Å². The Morgan fingerprint density at radius 1 is 0.630 bits per heavy atom. The van der Waals surface area contributed by atoms with E-state index in [1.165, 1.54) is 12.1 Å². The number of ether oxygens (including phenoxy) is 3. The standard InChI is InChI=1S/C21H16O6/c1-4-19(22)25-16-10-7-14(8-11-16)15-9-12-17(26-20(23)5-2)18(13-15)27-21(24)6-3/h4-13H,1-3H2. The van der Waals surface area contributed by atoms with E-state index in [-0.39, 0.29) is 11.5 Å². The Balaban J connectivity index is 2.34. The fourth-order valence-corrected chi connectivity index (χ4v) is 2.03. The molecule has 0 heterocycles. The third kappa shape index (κ3) is 5.27. The number of rotatable bonds is 7. The molecular formula is C21H16O6. The Hall–Kier alpha value is -3.93. The summed E-state index contributed by atoms with van der Waals surface area (Å²) in [5.74, 6) is -1.47. The molecule has 0 aliphatic heterocycles. The van der Waals surface area contributed by atoms with Crippen LogP contribution < -0.4 is 14.2 Å². The van der Waals surface area contributed by atoms with Gasteiger partial charge in [0, 0.05) is 18.2 Å². The summed E-state index contributed by atoms with van der Waals surface area (Å²) in [7, 11) is 0. The van der Waals surface area contributed by atoms with Gasteiger partial charge in [-0.25, -0.2) is 14.4 Å². The minimum Gasteiger partial charge on any atom is -0.423 e. The lowest BCUT2D eigenvalue weighted by molar-refractivity contribution is -0.131. The fourth-order valence-electron chi connectivity index (χ4n) is 2.03. The molecule has 0 fully saturated rings. The van der Waals surface area contributed by atoms with E-state index in [0.29, 0.717) is 11.3 Å². The topological polar surface area (TPSA) is 78.9 Å². The summed E-state index contributed by atoms with van der Waals surface area (Å²) in [6.07, 6.45) is 3.06. The molecule has 2 aromatic rings. The highest BCUT2D eigenvalue weighted by Crippen LogP contribution is 2.33. The third-order valence-corrected chi connectivity index (χ3v) is 3.27. The van der Waals surface area contributed by atoms with Crippen LogP contribution in [0.1, 0.15) is 0 Å². The van der Waals surface area contributed by atoms with E-state index in [0.717, 1.165) is 23.8 Å². The van der Waals surface area contributed by atoms with Crippen LogP contribution in [0.5, 0.6) is 17.2 Å². The summed E-state index contributed by atoms with van der Waals surface area (Å²) in [6.45, 7) is 9.99. The molecule has 6 heteroatoms. The highest BCUT2D eigenvalue weighted by atomic mass is 16.6. The number of carbonyl (C=O) groups is 3. The van der Waals surface area contributed by atoms with Crippen LogP contribution in [-0.2, 0) is 14.4 Å². The molecule has 0 saturated carbocycles. The van der Waals surface area contributed by atoms with Crippen molar-refractivity contribution in [3.05, 3.63) is 80.4 Å². The van der Waals surface area contributed by atoms with Gasteiger partial charge in [0.1, 0.15) is 5.75 Å². The number of hydrogen-bond acceptors (Lipinski definition) is 6. The van der Waals surface area contributed by atoms with Crippen molar-refractivity contribution >= 4 is 17.9 Å². The van der Waals surface area contributed by atoms with Gasteiger partial charge in [-0.2, -0.15) is 0 Å². The first-order valence-corrected chi connectivity index (χ1v) is 7.74. The van der Waals surface area contributed by atoms with E-state index in [4.69, 9.17) is 14.2 Å². The van der Waals surface area contributed by atoms with Crippen molar-refractivity contribution < 1.29 is 28.6 Å². The average molecular weight is 364 g/mol. The van der Waals surface area contributed by atoms with Gasteiger partial charge in [0.15, 0.2) is 11.5 Å². The van der Waals surface area contributed by atoms with E-state index in [1.807, 2.05) is 0 Å². The summed E-state index contributed by atoms with van der Waals surface area (Å²) >= 11 is 0. The zero-order valence-electron chi connectivity index (χ0n) is 14.3. The smallest absolute Gasteiger partial charge is 0.335 e. The van der Waals surface area contributed by atoms with E-state index < -0.39 is 17.9 Å². The second-order valence-corrected chi connectivity index (χ2v) is 5.06. The Morgan fingerprint density at radius 3 is 1.67 bits per heavy atom. The molecule has 2 rings (SSSR count). The molecule has 0 aliphatic rings. The lowest BCUT2D eigenvalue weighted by atomic mass is 10.0. The van der Waals surface area contributed by atoms with E-state index >= 15 is 0 Å². The van der Waals surface area contributed by atoms with Crippen molar-refractivity contribution in [3.8, 4) is 28.4 Å². The SMILES string of the molecule is C=CC(=O)Oc1ccc(-c2ccc(OC(=O)C=C)c(OC(=O)C=C)c2)cc1. The van der Waals surface area contributed by atoms with E-state index in [9.17, 15) is 14.4 Å². The predicted octanol–water partition coefficient (Wildman–Crippen LogP) is 3.63. The molecule has 0 aromatic heterocycles. The molecule has 0 amide bonds. The highest BCUT2D eigenvalue weighted by molar-refractivity contribution is 5.87. The normalized spacial score (nSPS) is 9.63. The zero-order valence-corrected chi connectivity index (χ0v) is 14.3. The molecule has 0 atom stereocenters. The molecule has 0 saturated heterocycles. The van der Waals surface area contributed by atoms with Crippen molar-refractivity contribution in [2.45, 2.75) is 0 Å². The number of hydrogen-bond donors (Lipinski definition) is 0. The van der Waals surface area contributed by atoms with Crippen LogP contribution >= 0.6 is 0 Å². The summed E-state index contributed by atoms with van der Waals surface area (Å²) in [4.78, 5) is 34.2. The van der Waals surface area contributed by atoms with Gasteiger partial charge in [0.25, 0.3) is 0 Å². The molecule has 0 bridgehead atoms. The second-order valence-electron chi connectivity index (χ2n) is 5.06. The molecule has 136 valence electrons. The summed E-state index contributed by atoms with van der Waals surface area (Å²) in [5.41, 5.74) is 1.44. The quantitative estimate of drug-likeness (QED) is 0.424. The molecule has 0 radical (unpaired) electrons. The van der Waals surface area contributed by atoms with Crippen LogP contribution in [0.15, 0.2) is 80.4 Å². The van der Waals surface area contributed by atoms with Gasteiger partial charge in [0.05, 0.1) is 0 Å². The van der Waals surface area contributed by atoms with Crippen LogP contribution in [0, 0.1) is 0 Å². The lowest BCUT2D eigenvalue weighted by Crippen LogP contribution is -2.08. The molecule has 0 spiro atoms. The molecule has 2 aromatic carbocycles. The highest BCUT2D eigenvalue weighted by Gasteiger charge is 2.13. The van der Waals surface area contributed by atoms with Gasteiger partial charge in [-0.15, -0.1) is 0 Å². The van der Waals surface area contributed by atoms with Crippen molar-refractivity contribution in [1.82, 2.24) is 0 Å². The fraction of sp³-hybridized carbons (Fsp3) is 0. The van der Waals surface area contributed by atoms with Crippen LogP contribution in [0.2, 0.25) is 0 Å². The molecule has 0 unspecified atom stereocenters. The van der Waals surface area contributed by atoms with Gasteiger partial charge in [-0.05, 0) is 35.4 Å². The van der Waals surface area contributed by atoms with Gasteiger partial charge < -0.3 is 14.2 Å². The predicted molar refractivity (Wildman–Crippen MR) is 99.4 cm³/mol. The third-order valence-electron chi connectivity index (χ3n) is 3.27. The Kier molecular flexibility index (Phi) is 6.44. The summed E-state index contributed by atoms with van der Waals surface area (Å²) < 4.78 is 15.2.